The number of carbonyl (C=O) groups excluding carboxylic acids is 1. The molecule has 0 aliphatic carbocycles. The predicted octanol–water partition coefficient (Wildman–Crippen LogP) is 4.28. The molecule has 6 nitrogen and oxygen atoms in total. The van der Waals surface area contributed by atoms with E-state index < -0.39 is 0 Å². The van der Waals surface area contributed by atoms with E-state index in [1.165, 1.54) is 5.56 Å². The molecular formula is C23H26ClN5O. The molecule has 1 aliphatic heterocycles. The summed E-state index contributed by atoms with van der Waals surface area (Å²) in [5.41, 5.74) is 4.91. The van der Waals surface area contributed by atoms with Crippen molar-refractivity contribution in [3.8, 4) is 6.07 Å². The van der Waals surface area contributed by atoms with Crippen molar-refractivity contribution in [1.82, 2.24) is 14.9 Å². The molecule has 0 radical (unpaired) electrons. The summed E-state index contributed by atoms with van der Waals surface area (Å²) in [5.74, 6) is 0.244. The Bertz CT molecular complexity index is 1130. The summed E-state index contributed by atoms with van der Waals surface area (Å²) in [5, 5.41) is 16.7. The lowest BCUT2D eigenvalue weighted by Crippen LogP contribution is -2.34. The van der Waals surface area contributed by atoms with Crippen LogP contribution in [0.4, 0.5) is 5.69 Å². The fourth-order valence-electron chi connectivity index (χ4n) is 4.31. The number of hydrogen-bond donors (Lipinski definition) is 2. The van der Waals surface area contributed by atoms with E-state index in [4.69, 9.17) is 5.26 Å². The molecule has 1 aromatic carbocycles. The number of pyridine rings is 1. The Morgan fingerprint density at radius 2 is 2.20 bits per heavy atom. The highest BCUT2D eigenvalue weighted by Crippen LogP contribution is 2.37. The zero-order valence-electron chi connectivity index (χ0n) is 17.4. The summed E-state index contributed by atoms with van der Waals surface area (Å²) in [6.45, 7) is 5.28. The van der Waals surface area contributed by atoms with Crippen molar-refractivity contribution in [2.75, 3.05) is 11.9 Å². The van der Waals surface area contributed by atoms with Gasteiger partial charge in [0.2, 0.25) is 0 Å². The van der Waals surface area contributed by atoms with Crippen molar-refractivity contribution in [3.05, 3.63) is 58.9 Å². The van der Waals surface area contributed by atoms with Crippen molar-refractivity contribution in [3.63, 3.8) is 0 Å². The van der Waals surface area contributed by atoms with Gasteiger partial charge in [0.1, 0.15) is 5.65 Å². The van der Waals surface area contributed by atoms with Crippen LogP contribution in [-0.4, -0.2) is 28.0 Å². The largest absolute Gasteiger partial charge is 0.335 e. The average molecular weight is 424 g/mol. The quantitative estimate of drug-likeness (QED) is 0.658. The Morgan fingerprint density at radius 1 is 1.40 bits per heavy atom. The Kier molecular flexibility index (Phi) is 6.45. The minimum absolute atomic E-state index is 0. The van der Waals surface area contributed by atoms with Gasteiger partial charge in [0.15, 0.2) is 0 Å². The van der Waals surface area contributed by atoms with Crippen molar-refractivity contribution in [1.29, 1.82) is 5.26 Å². The molecule has 7 heteroatoms. The fraction of sp³-hybridized carbons (Fsp3) is 0.348. The second-order valence-corrected chi connectivity index (χ2v) is 7.91. The lowest BCUT2D eigenvalue weighted by molar-refractivity contribution is 0.102. The maximum absolute atomic E-state index is 12.7. The van der Waals surface area contributed by atoms with Crippen LogP contribution in [0.3, 0.4) is 0 Å². The molecule has 1 saturated heterocycles. The number of hydrogen-bond acceptors (Lipinski definition) is 4. The Morgan fingerprint density at radius 3 is 2.93 bits per heavy atom. The molecule has 3 aromatic rings. The van der Waals surface area contributed by atoms with E-state index in [-0.39, 0.29) is 18.3 Å². The van der Waals surface area contributed by atoms with Crippen LogP contribution in [0.1, 0.15) is 52.7 Å². The number of amides is 1. The Hall–Kier alpha value is -2.88. The normalized spacial score (nSPS) is 18.5. The van der Waals surface area contributed by atoms with Crippen LogP contribution in [0.5, 0.6) is 0 Å². The zero-order chi connectivity index (χ0) is 20.5. The first kappa shape index (κ1) is 21.8. The third-order valence-electron chi connectivity index (χ3n) is 5.84. The fourth-order valence-corrected chi connectivity index (χ4v) is 4.31. The van der Waals surface area contributed by atoms with Gasteiger partial charge in [-0.25, -0.2) is 4.98 Å². The average Bonchev–Trinajstić information content (AvgIpc) is 3.07. The number of anilines is 1. The molecule has 156 valence electrons. The van der Waals surface area contributed by atoms with Gasteiger partial charge in [0.25, 0.3) is 5.91 Å². The SMILES string of the molecule is Cc1c(NC(=O)c2cccc(C#N)c2)cnc2c1c([C@@H]1CCN[C@@H](C)C1)cn2C.Cl. The zero-order valence-corrected chi connectivity index (χ0v) is 18.2. The number of nitrogens with zero attached hydrogens (tertiary/aromatic N) is 3. The van der Waals surface area contributed by atoms with Crippen molar-refractivity contribution >= 4 is 35.0 Å². The molecule has 1 aliphatic rings. The smallest absolute Gasteiger partial charge is 0.255 e. The van der Waals surface area contributed by atoms with Crippen LogP contribution in [0.25, 0.3) is 11.0 Å². The van der Waals surface area contributed by atoms with Crippen LogP contribution < -0.4 is 10.6 Å². The lowest BCUT2D eigenvalue weighted by atomic mass is 9.86. The summed E-state index contributed by atoms with van der Waals surface area (Å²) in [7, 11) is 2.02. The highest BCUT2D eigenvalue weighted by Gasteiger charge is 2.25. The van der Waals surface area contributed by atoms with E-state index >= 15 is 0 Å². The predicted molar refractivity (Wildman–Crippen MR) is 121 cm³/mol. The van der Waals surface area contributed by atoms with Crippen molar-refractivity contribution < 1.29 is 4.79 Å². The minimum Gasteiger partial charge on any atom is -0.335 e. The molecule has 1 amide bonds. The highest BCUT2D eigenvalue weighted by molar-refractivity contribution is 6.06. The van der Waals surface area contributed by atoms with Crippen LogP contribution >= 0.6 is 12.4 Å². The summed E-state index contributed by atoms with van der Waals surface area (Å²) in [6, 6.07) is 9.28. The topological polar surface area (TPSA) is 82.7 Å². The minimum atomic E-state index is -0.237. The van der Waals surface area contributed by atoms with Gasteiger partial charge in [-0.2, -0.15) is 5.26 Å². The van der Waals surface area contributed by atoms with Crippen LogP contribution in [0.2, 0.25) is 0 Å². The molecule has 2 N–H and O–H groups in total. The van der Waals surface area contributed by atoms with Gasteiger partial charge in [-0.05, 0) is 68.5 Å². The molecule has 4 rings (SSSR count). The standard InChI is InChI=1S/C23H25N5O.ClH/c1-14-9-17(7-8-25-14)19-13-28(3)22-21(19)15(2)20(12-26-22)27-23(29)18-6-4-5-16(10-18)11-24;/h4-6,10,12-14,17,25H,7-9H2,1-3H3,(H,27,29);1H/t14-,17+;/m0./s1. The van der Waals surface area contributed by atoms with Crippen LogP contribution in [0, 0.1) is 18.3 Å². The Labute approximate surface area is 182 Å². The Balaban J connectivity index is 0.00000256. The molecule has 3 heterocycles. The highest BCUT2D eigenvalue weighted by atomic mass is 35.5. The van der Waals surface area contributed by atoms with Gasteiger partial charge in [-0.15, -0.1) is 12.4 Å². The van der Waals surface area contributed by atoms with E-state index in [0.717, 1.165) is 36.0 Å². The third-order valence-corrected chi connectivity index (χ3v) is 5.84. The van der Waals surface area contributed by atoms with Gasteiger partial charge in [0.05, 0.1) is 23.5 Å². The van der Waals surface area contributed by atoms with E-state index in [0.29, 0.717) is 28.8 Å². The summed E-state index contributed by atoms with van der Waals surface area (Å²) in [6.07, 6.45) is 6.10. The number of aryl methyl sites for hydroxylation is 2. The van der Waals surface area contributed by atoms with E-state index in [1.807, 2.05) is 14.0 Å². The summed E-state index contributed by atoms with van der Waals surface area (Å²) in [4.78, 5) is 17.4. The third kappa shape index (κ3) is 4.04. The second-order valence-electron chi connectivity index (χ2n) is 7.91. The first-order valence-corrected chi connectivity index (χ1v) is 9.97. The second kappa shape index (κ2) is 8.86. The molecule has 30 heavy (non-hydrogen) atoms. The van der Waals surface area contributed by atoms with Crippen LogP contribution in [0.15, 0.2) is 36.7 Å². The molecular weight excluding hydrogens is 398 g/mol. The van der Waals surface area contributed by atoms with Crippen molar-refractivity contribution in [2.24, 2.45) is 7.05 Å². The molecule has 0 bridgehead atoms. The number of nitrogens with one attached hydrogen (secondary N) is 2. The van der Waals surface area contributed by atoms with Gasteiger partial charge >= 0.3 is 0 Å². The van der Waals surface area contributed by atoms with Crippen molar-refractivity contribution in [2.45, 2.75) is 38.6 Å². The van der Waals surface area contributed by atoms with E-state index in [1.54, 1.807) is 30.5 Å². The van der Waals surface area contributed by atoms with Crippen LogP contribution in [-0.2, 0) is 7.05 Å². The first-order valence-electron chi connectivity index (χ1n) is 9.97. The number of halogens is 1. The molecule has 0 saturated carbocycles. The van der Waals surface area contributed by atoms with Gasteiger partial charge in [-0.3, -0.25) is 4.79 Å². The first-order chi connectivity index (χ1) is 14.0. The van der Waals surface area contributed by atoms with Gasteiger partial charge in [0, 0.05) is 30.2 Å². The number of piperidine rings is 1. The number of nitriles is 1. The molecule has 2 atom stereocenters. The molecule has 2 aromatic heterocycles. The number of carbonyl (C=O) groups is 1. The number of aromatic nitrogens is 2. The molecule has 1 fully saturated rings. The number of rotatable bonds is 3. The molecule has 0 spiro atoms. The lowest BCUT2D eigenvalue weighted by Gasteiger charge is -2.28. The summed E-state index contributed by atoms with van der Waals surface area (Å²) < 4.78 is 2.08. The molecule has 0 unspecified atom stereocenters. The van der Waals surface area contributed by atoms with E-state index in [2.05, 4.69) is 39.4 Å². The van der Waals surface area contributed by atoms with E-state index in [9.17, 15) is 4.79 Å². The summed E-state index contributed by atoms with van der Waals surface area (Å²) >= 11 is 0. The maximum Gasteiger partial charge on any atom is 0.255 e. The number of benzene rings is 1. The van der Waals surface area contributed by atoms with Gasteiger partial charge < -0.3 is 15.2 Å². The van der Waals surface area contributed by atoms with Gasteiger partial charge in [-0.1, -0.05) is 6.07 Å². The number of fused-ring (bicyclic) bond motifs is 1. The monoisotopic (exact) mass is 423 g/mol. The maximum atomic E-state index is 12.7.